The molecule has 0 aliphatic rings. The maximum absolute atomic E-state index is 12.3. The topological polar surface area (TPSA) is 157 Å². The molecule has 1 aromatic heterocycles. The third-order valence-corrected chi connectivity index (χ3v) is 4.71. The fourth-order valence-corrected chi connectivity index (χ4v) is 3.04. The van der Waals surface area contributed by atoms with Crippen molar-refractivity contribution in [3.05, 3.63) is 72.1 Å². The number of fused-ring (bicyclic) bond motifs is 1. The highest BCUT2D eigenvalue weighted by atomic mass is 16.5. The largest absolute Gasteiger partial charge is 0.445 e. The number of amides is 3. The summed E-state index contributed by atoms with van der Waals surface area (Å²) in [6, 6.07) is 15.4. The second kappa shape index (κ2) is 11.5. The molecule has 0 spiro atoms. The van der Waals surface area contributed by atoms with Gasteiger partial charge in [0.25, 0.3) is 0 Å². The zero-order valence-corrected chi connectivity index (χ0v) is 17.8. The molecule has 0 saturated heterocycles. The Balaban J connectivity index is 1.44. The molecule has 3 amide bonds. The van der Waals surface area contributed by atoms with E-state index in [1.807, 2.05) is 48.5 Å². The quantitative estimate of drug-likeness (QED) is 0.355. The second-order valence-electron chi connectivity index (χ2n) is 7.38. The monoisotopic (exact) mass is 451 g/mol. The number of rotatable bonds is 10. The number of hydrogen-bond acceptors (Lipinski definition) is 7. The van der Waals surface area contributed by atoms with Gasteiger partial charge >= 0.3 is 6.09 Å². The van der Waals surface area contributed by atoms with E-state index in [4.69, 9.17) is 10.5 Å². The number of aliphatic hydroxyl groups excluding tert-OH is 1. The van der Waals surface area contributed by atoms with Crippen molar-refractivity contribution < 1.29 is 24.2 Å². The molecule has 0 bridgehead atoms. The third-order valence-electron chi connectivity index (χ3n) is 4.71. The van der Waals surface area contributed by atoms with Crippen LogP contribution >= 0.6 is 0 Å². The molecule has 10 nitrogen and oxygen atoms in total. The number of hydrogen-bond donors (Lipinski definition) is 4. The molecule has 5 N–H and O–H groups in total. The van der Waals surface area contributed by atoms with E-state index in [1.165, 1.54) is 6.20 Å². The van der Waals surface area contributed by atoms with Crippen molar-refractivity contribution in [2.75, 3.05) is 6.54 Å². The van der Waals surface area contributed by atoms with Crippen molar-refractivity contribution in [2.24, 2.45) is 5.73 Å². The lowest BCUT2D eigenvalue weighted by Gasteiger charge is -2.17. The van der Waals surface area contributed by atoms with Gasteiger partial charge in [-0.1, -0.05) is 42.5 Å². The number of aromatic nitrogens is 2. The van der Waals surface area contributed by atoms with Crippen molar-refractivity contribution in [1.82, 2.24) is 20.6 Å². The van der Waals surface area contributed by atoms with Crippen molar-refractivity contribution in [2.45, 2.75) is 31.6 Å². The zero-order chi connectivity index (χ0) is 23.6. The molecule has 0 aliphatic carbocycles. The third kappa shape index (κ3) is 7.54. The van der Waals surface area contributed by atoms with Crippen LogP contribution in [0, 0.1) is 0 Å². The molecule has 33 heavy (non-hydrogen) atoms. The number of nitrogens with one attached hydrogen (secondary N) is 2. The molecule has 2 atom stereocenters. The summed E-state index contributed by atoms with van der Waals surface area (Å²) in [6.07, 6.45) is -0.665. The summed E-state index contributed by atoms with van der Waals surface area (Å²) in [5.41, 5.74) is 8.09. The lowest BCUT2D eigenvalue weighted by molar-refractivity contribution is -0.128. The summed E-state index contributed by atoms with van der Waals surface area (Å²) < 4.78 is 5.04. The summed E-state index contributed by atoms with van der Waals surface area (Å²) in [5.74, 6) is -1.34. The number of carbonyl (C=O) groups excluding carboxylic acids is 3. The summed E-state index contributed by atoms with van der Waals surface area (Å²) in [6.45, 7) is -0.111. The van der Waals surface area contributed by atoms with Crippen LogP contribution in [0.25, 0.3) is 11.0 Å². The van der Waals surface area contributed by atoms with Crippen LogP contribution in [0.15, 0.2) is 60.8 Å². The highest BCUT2D eigenvalue weighted by Crippen LogP contribution is 2.10. The van der Waals surface area contributed by atoms with Gasteiger partial charge in [-0.2, -0.15) is 0 Å². The van der Waals surface area contributed by atoms with E-state index in [0.29, 0.717) is 16.7 Å². The molecule has 0 unspecified atom stereocenters. The second-order valence-corrected chi connectivity index (χ2v) is 7.38. The number of nitrogens with two attached hydrogens (primary N) is 1. The average Bonchev–Trinajstić information content (AvgIpc) is 2.81. The first kappa shape index (κ1) is 23.6. The van der Waals surface area contributed by atoms with E-state index in [9.17, 15) is 19.5 Å². The Hall–Kier alpha value is -4.05. The molecule has 1 heterocycles. The molecule has 172 valence electrons. The lowest BCUT2D eigenvalue weighted by atomic mass is 10.1. The predicted octanol–water partition coefficient (Wildman–Crippen LogP) is 0.820. The molecule has 0 aliphatic heterocycles. The Morgan fingerprint density at radius 2 is 1.73 bits per heavy atom. The van der Waals surface area contributed by atoms with Crippen molar-refractivity contribution in [1.29, 1.82) is 0 Å². The van der Waals surface area contributed by atoms with E-state index in [-0.39, 0.29) is 26.0 Å². The van der Waals surface area contributed by atoms with Gasteiger partial charge in [0, 0.05) is 19.2 Å². The minimum atomic E-state index is -1.18. The van der Waals surface area contributed by atoms with Crippen LogP contribution in [0.5, 0.6) is 0 Å². The zero-order valence-electron chi connectivity index (χ0n) is 17.8. The first-order valence-corrected chi connectivity index (χ1v) is 10.3. The van der Waals surface area contributed by atoms with Crippen LogP contribution in [0.3, 0.4) is 0 Å². The number of benzene rings is 2. The summed E-state index contributed by atoms with van der Waals surface area (Å²) in [4.78, 5) is 44.5. The van der Waals surface area contributed by atoms with Gasteiger partial charge in [0.15, 0.2) is 0 Å². The number of aliphatic hydroxyl groups is 1. The Morgan fingerprint density at radius 1 is 1.03 bits per heavy atom. The Bertz CT molecular complexity index is 1110. The summed E-state index contributed by atoms with van der Waals surface area (Å²) >= 11 is 0. The number of nitrogens with zero attached hydrogens (tertiary/aromatic N) is 2. The number of primary amides is 1. The van der Waals surface area contributed by atoms with Crippen LogP contribution in [0.4, 0.5) is 4.79 Å². The molecule has 2 aromatic carbocycles. The Kier molecular flexibility index (Phi) is 8.25. The van der Waals surface area contributed by atoms with Gasteiger partial charge < -0.3 is 26.2 Å². The molecule has 3 aromatic rings. The normalized spacial score (nSPS) is 12.5. The first-order chi connectivity index (χ1) is 15.9. The minimum absolute atomic E-state index is 0.0546. The van der Waals surface area contributed by atoms with E-state index >= 15 is 0 Å². The van der Waals surface area contributed by atoms with E-state index in [1.54, 1.807) is 6.07 Å². The lowest BCUT2D eigenvalue weighted by Crippen LogP contribution is -2.47. The van der Waals surface area contributed by atoms with Gasteiger partial charge in [-0.25, -0.2) is 9.78 Å². The van der Waals surface area contributed by atoms with Crippen molar-refractivity contribution in [3.63, 3.8) is 0 Å². The van der Waals surface area contributed by atoms with Gasteiger partial charge in [-0.15, -0.1) is 0 Å². The van der Waals surface area contributed by atoms with Crippen LogP contribution in [0.1, 0.15) is 17.7 Å². The molecule has 0 radical (unpaired) electrons. The standard InChI is InChI=1S/C23H25N5O5/c24-22(31)20(10-16-12-25-18-8-4-5-9-19(18)27-16)28-21(30)11-17(29)13-26-23(32)33-14-15-6-2-1-3-7-15/h1-9,12,17,20,29H,10-11,13-14H2,(H2,24,31)(H,26,32)(H,28,30)/t17-,20+/m0/s1. The number of alkyl carbamates (subject to hydrolysis) is 1. The Labute approximate surface area is 190 Å². The molecule has 3 rings (SSSR count). The molecule has 0 saturated carbocycles. The highest BCUT2D eigenvalue weighted by molar-refractivity contribution is 5.87. The maximum Gasteiger partial charge on any atom is 0.407 e. The van der Waals surface area contributed by atoms with E-state index in [2.05, 4.69) is 20.6 Å². The average molecular weight is 451 g/mol. The van der Waals surface area contributed by atoms with Crippen molar-refractivity contribution in [3.8, 4) is 0 Å². The summed E-state index contributed by atoms with van der Waals surface area (Å²) in [7, 11) is 0. The van der Waals surface area contributed by atoms with Crippen LogP contribution in [0.2, 0.25) is 0 Å². The number of ether oxygens (including phenoxy) is 1. The smallest absolute Gasteiger partial charge is 0.407 e. The SMILES string of the molecule is NC(=O)[C@@H](Cc1cnc2ccccc2n1)NC(=O)C[C@H](O)CNC(=O)OCc1ccccc1. The van der Waals surface area contributed by atoms with E-state index < -0.39 is 30.1 Å². The van der Waals surface area contributed by atoms with Gasteiger partial charge in [0.05, 0.1) is 29.3 Å². The fraction of sp³-hybridized carbons (Fsp3) is 0.261. The van der Waals surface area contributed by atoms with Crippen molar-refractivity contribution >= 4 is 28.9 Å². The number of para-hydroxylation sites is 2. The first-order valence-electron chi connectivity index (χ1n) is 10.3. The maximum atomic E-state index is 12.3. The molecular formula is C23H25N5O5. The van der Waals surface area contributed by atoms with Crippen LogP contribution < -0.4 is 16.4 Å². The number of carbonyl (C=O) groups is 3. The summed E-state index contributed by atoms with van der Waals surface area (Å²) in [5, 5.41) is 14.9. The molecule has 10 heteroatoms. The van der Waals surface area contributed by atoms with Gasteiger partial charge in [0.2, 0.25) is 11.8 Å². The fourth-order valence-electron chi connectivity index (χ4n) is 3.04. The minimum Gasteiger partial charge on any atom is -0.445 e. The Morgan fingerprint density at radius 3 is 2.45 bits per heavy atom. The highest BCUT2D eigenvalue weighted by Gasteiger charge is 2.21. The van der Waals surface area contributed by atoms with Crippen LogP contribution in [-0.2, 0) is 27.4 Å². The van der Waals surface area contributed by atoms with Gasteiger partial charge in [-0.05, 0) is 17.7 Å². The molecule has 0 fully saturated rings. The molecular weight excluding hydrogens is 426 g/mol. The van der Waals surface area contributed by atoms with E-state index in [0.717, 1.165) is 5.56 Å². The van der Waals surface area contributed by atoms with Gasteiger partial charge in [0.1, 0.15) is 12.6 Å². The predicted molar refractivity (Wildman–Crippen MR) is 120 cm³/mol. The van der Waals surface area contributed by atoms with Gasteiger partial charge in [-0.3, -0.25) is 14.6 Å². The van der Waals surface area contributed by atoms with Crippen LogP contribution in [-0.4, -0.2) is 51.7 Å².